The van der Waals surface area contributed by atoms with Gasteiger partial charge in [-0.25, -0.2) is 14.6 Å². The number of aromatic nitrogens is 7. The number of hydrogen-bond acceptors (Lipinski definition) is 8. The van der Waals surface area contributed by atoms with E-state index in [1.54, 1.807) is 18.1 Å². The van der Waals surface area contributed by atoms with Crippen molar-refractivity contribution in [1.29, 1.82) is 5.26 Å². The predicted octanol–water partition coefficient (Wildman–Crippen LogP) is 5.19. The lowest BCUT2D eigenvalue weighted by atomic mass is 9.93. The summed E-state index contributed by atoms with van der Waals surface area (Å²) in [5.41, 5.74) is 6.97. The molecule has 4 heterocycles. The minimum Gasteiger partial charge on any atom is -0.494 e. The second-order valence-electron chi connectivity index (χ2n) is 11.1. The Morgan fingerprint density at radius 2 is 1.90 bits per heavy atom. The van der Waals surface area contributed by atoms with Crippen molar-refractivity contribution in [1.82, 2.24) is 39.8 Å². The van der Waals surface area contributed by atoms with Crippen molar-refractivity contribution in [2.24, 2.45) is 7.05 Å². The van der Waals surface area contributed by atoms with Gasteiger partial charge in [-0.2, -0.15) is 10.4 Å². The number of ether oxygens (including phenoxy) is 1. The van der Waals surface area contributed by atoms with Crippen molar-refractivity contribution in [3.8, 4) is 51.4 Å². The first kappa shape index (κ1) is 26.0. The second kappa shape index (κ2) is 10.8. The van der Waals surface area contributed by atoms with Crippen molar-refractivity contribution in [2.45, 2.75) is 50.6 Å². The molecule has 2 aliphatic carbocycles. The standard InChI is InChI=1S/C32H31N9O/c1-40-19-35-39-32(40)27-12-20(15-33)6-10-26(27)22-13-28(21-7-8-21)38-30(14-22)41-18-23(16-36-41)31-29(42-2)11-9-25(37-31)17-34-24-4-3-5-24/h6,9-14,16,18-19,21,24,34H,3-5,7-8,17H2,1-2H3. The number of pyridine rings is 2. The fourth-order valence-electron chi connectivity index (χ4n) is 5.36. The normalized spacial score (nSPS) is 14.9. The lowest BCUT2D eigenvalue weighted by Gasteiger charge is -2.26. The zero-order valence-electron chi connectivity index (χ0n) is 23.7. The summed E-state index contributed by atoms with van der Waals surface area (Å²) in [5, 5.41) is 26.3. The second-order valence-corrected chi connectivity index (χ2v) is 11.1. The van der Waals surface area contributed by atoms with Crippen LogP contribution in [0.1, 0.15) is 55.0 Å². The van der Waals surface area contributed by atoms with E-state index in [-0.39, 0.29) is 0 Å². The fourth-order valence-corrected chi connectivity index (χ4v) is 5.36. The van der Waals surface area contributed by atoms with Crippen LogP contribution < -0.4 is 10.1 Å². The molecule has 42 heavy (non-hydrogen) atoms. The summed E-state index contributed by atoms with van der Waals surface area (Å²) >= 11 is 0. The molecule has 0 unspecified atom stereocenters. The SMILES string of the molecule is COc1ccc(CNC2CCC2)nc1-c1cnn(-c2cc(-c3ccc(C#N)cc3-c3nncn3C)cc(C3CC3)n2)c1. The molecule has 4 aromatic heterocycles. The molecule has 1 aromatic carbocycles. The molecule has 0 radical (unpaired) electrons. The maximum atomic E-state index is 9.60. The Bertz CT molecular complexity index is 1810. The molecule has 0 bridgehead atoms. The van der Waals surface area contributed by atoms with Crippen LogP contribution in [0.4, 0.5) is 0 Å². The first-order valence-electron chi connectivity index (χ1n) is 14.3. The van der Waals surface area contributed by atoms with Gasteiger partial charge in [-0.15, -0.1) is 10.2 Å². The van der Waals surface area contributed by atoms with Crippen LogP contribution in [-0.4, -0.2) is 47.7 Å². The molecule has 2 saturated carbocycles. The summed E-state index contributed by atoms with van der Waals surface area (Å²) in [4.78, 5) is 9.95. The van der Waals surface area contributed by atoms with Crippen LogP contribution in [-0.2, 0) is 13.6 Å². The Hall–Kier alpha value is -4.88. The lowest BCUT2D eigenvalue weighted by Crippen LogP contribution is -2.34. The number of rotatable bonds is 9. The molecule has 0 atom stereocenters. The van der Waals surface area contributed by atoms with Gasteiger partial charge in [0.25, 0.3) is 0 Å². The zero-order chi connectivity index (χ0) is 28.6. The molecule has 0 aliphatic heterocycles. The zero-order valence-corrected chi connectivity index (χ0v) is 23.7. The molecule has 5 aromatic rings. The summed E-state index contributed by atoms with van der Waals surface area (Å²) in [6.45, 7) is 0.725. The monoisotopic (exact) mass is 557 g/mol. The van der Waals surface area contributed by atoms with Crippen LogP contribution in [0.3, 0.4) is 0 Å². The Balaban J connectivity index is 1.28. The maximum absolute atomic E-state index is 9.60. The highest BCUT2D eigenvalue weighted by Crippen LogP contribution is 2.42. The van der Waals surface area contributed by atoms with Crippen LogP contribution in [0.15, 0.2) is 61.2 Å². The summed E-state index contributed by atoms with van der Waals surface area (Å²) in [6, 6.07) is 16.7. The number of benzene rings is 1. The average molecular weight is 558 g/mol. The first-order valence-corrected chi connectivity index (χ1v) is 14.3. The summed E-state index contributed by atoms with van der Waals surface area (Å²) in [6.07, 6.45) is 11.4. The molecule has 7 rings (SSSR count). The molecule has 10 heteroatoms. The van der Waals surface area contributed by atoms with E-state index in [1.807, 2.05) is 60.4 Å². The van der Waals surface area contributed by atoms with Crippen LogP contribution in [0.2, 0.25) is 0 Å². The van der Waals surface area contributed by atoms with E-state index in [4.69, 9.17) is 19.8 Å². The fraction of sp³-hybridized carbons (Fsp3) is 0.312. The van der Waals surface area contributed by atoms with Gasteiger partial charge in [0, 0.05) is 48.6 Å². The van der Waals surface area contributed by atoms with Crippen molar-refractivity contribution >= 4 is 0 Å². The van der Waals surface area contributed by atoms with E-state index in [1.165, 1.54) is 19.3 Å². The highest BCUT2D eigenvalue weighted by molar-refractivity contribution is 5.82. The molecule has 0 saturated heterocycles. The largest absolute Gasteiger partial charge is 0.494 e. The van der Waals surface area contributed by atoms with E-state index in [9.17, 15) is 5.26 Å². The van der Waals surface area contributed by atoms with Gasteiger partial charge in [-0.05, 0) is 73.2 Å². The van der Waals surface area contributed by atoms with Gasteiger partial charge < -0.3 is 14.6 Å². The van der Waals surface area contributed by atoms with E-state index in [0.29, 0.717) is 29.1 Å². The van der Waals surface area contributed by atoms with Crippen molar-refractivity contribution in [2.75, 3.05) is 7.11 Å². The molecule has 0 amide bonds. The Morgan fingerprint density at radius 3 is 2.62 bits per heavy atom. The Kier molecular flexibility index (Phi) is 6.72. The summed E-state index contributed by atoms with van der Waals surface area (Å²) in [5.74, 6) is 2.54. The molecule has 2 fully saturated rings. The van der Waals surface area contributed by atoms with Crippen LogP contribution >= 0.6 is 0 Å². The third-order valence-corrected chi connectivity index (χ3v) is 8.14. The highest BCUT2D eigenvalue weighted by Gasteiger charge is 2.27. The minimum atomic E-state index is 0.428. The van der Waals surface area contributed by atoms with Gasteiger partial charge in [-0.1, -0.05) is 12.5 Å². The van der Waals surface area contributed by atoms with E-state index < -0.39 is 0 Å². The maximum Gasteiger partial charge on any atom is 0.164 e. The lowest BCUT2D eigenvalue weighted by molar-refractivity contribution is 0.337. The number of nitrogens with zero attached hydrogens (tertiary/aromatic N) is 8. The van der Waals surface area contributed by atoms with Crippen molar-refractivity contribution < 1.29 is 4.74 Å². The Morgan fingerprint density at radius 1 is 1.02 bits per heavy atom. The number of aryl methyl sites for hydroxylation is 1. The van der Waals surface area contributed by atoms with Crippen LogP contribution in [0.25, 0.3) is 39.6 Å². The highest BCUT2D eigenvalue weighted by atomic mass is 16.5. The molecule has 2 aliphatic rings. The summed E-state index contributed by atoms with van der Waals surface area (Å²) < 4.78 is 9.33. The summed E-state index contributed by atoms with van der Waals surface area (Å²) in [7, 11) is 3.56. The van der Waals surface area contributed by atoms with Crippen LogP contribution in [0, 0.1) is 11.3 Å². The van der Waals surface area contributed by atoms with Gasteiger partial charge in [-0.3, -0.25) is 0 Å². The number of methoxy groups -OCH3 is 1. The number of nitriles is 1. The van der Waals surface area contributed by atoms with Gasteiger partial charge in [0.1, 0.15) is 17.8 Å². The third-order valence-electron chi connectivity index (χ3n) is 8.14. The van der Waals surface area contributed by atoms with Crippen LogP contribution in [0.5, 0.6) is 5.75 Å². The van der Waals surface area contributed by atoms with E-state index in [0.717, 1.165) is 64.5 Å². The third kappa shape index (κ3) is 5.03. The molecule has 0 spiro atoms. The first-order chi connectivity index (χ1) is 20.6. The molecule has 210 valence electrons. The quantitative estimate of drug-likeness (QED) is 0.263. The molecular weight excluding hydrogens is 526 g/mol. The number of hydrogen-bond donors (Lipinski definition) is 1. The van der Waals surface area contributed by atoms with Crippen molar-refractivity contribution in [3.63, 3.8) is 0 Å². The molecule has 10 nitrogen and oxygen atoms in total. The van der Waals surface area contributed by atoms with Gasteiger partial charge >= 0.3 is 0 Å². The molecular formula is C32H31N9O. The van der Waals surface area contributed by atoms with Gasteiger partial charge in [0.15, 0.2) is 11.6 Å². The predicted molar refractivity (Wildman–Crippen MR) is 158 cm³/mol. The van der Waals surface area contributed by atoms with Gasteiger partial charge in [0.2, 0.25) is 0 Å². The Labute approximate surface area is 244 Å². The molecule has 1 N–H and O–H groups in total. The number of nitrogens with one attached hydrogen (secondary N) is 1. The van der Waals surface area contributed by atoms with Gasteiger partial charge in [0.05, 0.1) is 30.6 Å². The van der Waals surface area contributed by atoms with E-state index >= 15 is 0 Å². The minimum absolute atomic E-state index is 0.428. The average Bonchev–Trinajstić information content (AvgIpc) is 3.58. The van der Waals surface area contributed by atoms with Crippen molar-refractivity contribution in [3.05, 3.63) is 78.1 Å². The smallest absolute Gasteiger partial charge is 0.164 e. The topological polar surface area (TPSA) is 119 Å². The van der Waals surface area contributed by atoms with E-state index in [2.05, 4.69) is 27.6 Å².